The Balaban J connectivity index is 1.96. The molecule has 0 spiro atoms. The summed E-state index contributed by atoms with van der Waals surface area (Å²) in [6.07, 6.45) is 5.14. The topological polar surface area (TPSA) is 35.8 Å². The van der Waals surface area contributed by atoms with Gasteiger partial charge in [0, 0.05) is 24.2 Å². The maximum Gasteiger partial charge on any atom is 0.0595 e. The first-order valence-electron chi connectivity index (χ1n) is 6.96. The molecule has 2 aliphatic rings. The van der Waals surface area contributed by atoms with Gasteiger partial charge in [-0.1, -0.05) is 29.3 Å². The van der Waals surface area contributed by atoms with Crippen LogP contribution in [0.3, 0.4) is 0 Å². The van der Waals surface area contributed by atoms with Crippen molar-refractivity contribution in [1.29, 1.82) is 0 Å². The highest BCUT2D eigenvalue weighted by molar-refractivity contribution is 6.42. The van der Waals surface area contributed by atoms with Crippen LogP contribution in [-0.4, -0.2) is 35.5 Å². The molecule has 1 aromatic carbocycles. The van der Waals surface area contributed by atoms with E-state index in [-0.39, 0.29) is 5.92 Å². The van der Waals surface area contributed by atoms with Crippen LogP contribution < -0.4 is 0 Å². The molecule has 0 amide bonds. The summed E-state index contributed by atoms with van der Waals surface area (Å²) in [5.41, 5.74) is 1.19. The third-order valence-corrected chi connectivity index (χ3v) is 5.68. The van der Waals surface area contributed by atoms with E-state index in [2.05, 4.69) is 17.1 Å². The molecule has 3 rings (SSSR count). The van der Waals surface area contributed by atoms with Gasteiger partial charge in [-0.05, 0) is 49.9 Å². The van der Waals surface area contributed by atoms with E-state index >= 15 is 0 Å². The normalized spacial score (nSPS) is 34.0. The molecular formula is C15H18Cl2N2O. The summed E-state index contributed by atoms with van der Waals surface area (Å²) in [6.45, 7) is 0. The smallest absolute Gasteiger partial charge is 0.0595 e. The second-order valence-electron chi connectivity index (χ2n) is 5.82. The highest BCUT2D eigenvalue weighted by atomic mass is 35.5. The van der Waals surface area contributed by atoms with Crippen LogP contribution in [0.5, 0.6) is 0 Å². The van der Waals surface area contributed by atoms with Gasteiger partial charge in [-0.2, -0.15) is 0 Å². The number of hydrogen-bond donors (Lipinski definition) is 1. The summed E-state index contributed by atoms with van der Waals surface area (Å²) < 4.78 is 0. The Hall–Kier alpha value is -0.770. The second kappa shape index (κ2) is 5.55. The Labute approximate surface area is 129 Å². The SMILES string of the molecule is CN1C2CC[C@@H]1[C@H](/C=N/O)[C@@H](c1ccc(Cl)c(Cl)c1)C2. The lowest BCUT2D eigenvalue weighted by Gasteiger charge is -2.41. The van der Waals surface area contributed by atoms with Crippen molar-refractivity contribution in [2.24, 2.45) is 11.1 Å². The fourth-order valence-corrected chi connectivity index (χ4v) is 4.20. The van der Waals surface area contributed by atoms with Crippen molar-refractivity contribution < 1.29 is 5.21 Å². The maximum atomic E-state index is 9.00. The van der Waals surface area contributed by atoms with Gasteiger partial charge in [0.05, 0.1) is 10.0 Å². The van der Waals surface area contributed by atoms with E-state index in [0.717, 1.165) is 12.8 Å². The van der Waals surface area contributed by atoms with Crippen LogP contribution in [-0.2, 0) is 0 Å². The van der Waals surface area contributed by atoms with Gasteiger partial charge >= 0.3 is 0 Å². The van der Waals surface area contributed by atoms with Crippen molar-refractivity contribution in [2.45, 2.75) is 37.3 Å². The first-order chi connectivity index (χ1) is 9.61. The number of hydrogen-bond acceptors (Lipinski definition) is 3. The molecule has 2 heterocycles. The number of oxime groups is 1. The summed E-state index contributed by atoms with van der Waals surface area (Å²) in [5, 5.41) is 13.5. The molecule has 20 heavy (non-hydrogen) atoms. The van der Waals surface area contributed by atoms with Gasteiger partial charge < -0.3 is 5.21 Å². The van der Waals surface area contributed by atoms with E-state index in [4.69, 9.17) is 28.4 Å². The molecule has 2 aliphatic heterocycles. The molecule has 2 saturated heterocycles. The molecule has 5 heteroatoms. The third-order valence-electron chi connectivity index (χ3n) is 4.94. The largest absolute Gasteiger partial charge is 0.411 e. The van der Waals surface area contributed by atoms with Gasteiger partial charge in [-0.15, -0.1) is 5.16 Å². The summed E-state index contributed by atoms with van der Waals surface area (Å²) in [6, 6.07) is 6.92. The van der Waals surface area contributed by atoms with E-state index < -0.39 is 0 Å². The summed E-state index contributed by atoms with van der Waals surface area (Å²) in [7, 11) is 2.17. The number of piperidine rings is 1. The second-order valence-corrected chi connectivity index (χ2v) is 6.64. The zero-order valence-corrected chi connectivity index (χ0v) is 12.8. The lowest BCUT2D eigenvalue weighted by molar-refractivity contribution is 0.133. The van der Waals surface area contributed by atoms with Crippen molar-refractivity contribution >= 4 is 29.4 Å². The van der Waals surface area contributed by atoms with Crippen molar-refractivity contribution in [1.82, 2.24) is 4.90 Å². The van der Waals surface area contributed by atoms with Gasteiger partial charge in [0.15, 0.2) is 0 Å². The van der Waals surface area contributed by atoms with Gasteiger partial charge in [0.25, 0.3) is 0 Å². The highest BCUT2D eigenvalue weighted by Crippen LogP contribution is 2.46. The quantitative estimate of drug-likeness (QED) is 0.508. The van der Waals surface area contributed by atoms with Crippen LogP contribution >= 0.6 is 23.2 Å². The highest BCUT2D eigenvalue weighted by Gasteiger charge is 2.45. The van der Waals surface area contributed by atoms with E-state index in [9.17, 15) is 0 Å². The van der Waals surface area contributed by atoms with Crippen LogP contribution in [0.1, 0.15) is 30.7 Å². The average molecular weight is 313 g/mol. The first kappa shape index (κ1) is 14.2. The molecule has 0 radical (unpaired) electrons. The number of fused-ring (bicyclic) bond motifs is 2. The molecular weight excluding hydrogens is 295 g/mol. The predicted molar refractivity (Wildman–Crippen MR) is 82.2 cm³/mol. The van der Waals surface area contributed by atoms with E-state index in [0.29, 0.717) is 28.0 Å². The molecule has 2 fully saturated rings. The molecule has 0 aromatic heterocycles. The number of halogens is 2. The van der Waals surface area contributed by atoms with Crippen LogP contribution in [0.15, 0.2) is 23.4 Å². The molecule has 1 N–H and O–H groups in total. The Kier molecular flexibility index (Phi) is 3.93. The molecule has 4 atom stereocenters. The third kappa shape index (κ3) is 2.32. The molecule has 0 saturated carbocycles. The van der Waals surface area contributed by atoms with Crippen LogP contribution in [0.4, 0.5) is 0 Å². The monoisotopic (exact) mass is 312 g/mol. The van der Waals surface area contributed by atoms with E-state index in [1.54, 1.807) is 6.21 Å². The zero-order valence-electron chi connectivity index (χ0n) is 11.3. The lowest BCUT2D eigenvalue weighted by atomic mass is 9.77. The van der Waals surface area contributed by atoms with Crippen molar-refractivity contribution in [3.05, 3.63) is 33.8 Å². The fourth-order valence-electron chi connectivity index (χ4n) is 3.89. The van der Waals surface area contributed by atoms with E-state index in [1.807, 2.05) is 18.2 Å². The molecule has 0 aliphatic carbocycles. The summed E-state index contributed by atoms with van der Waals surface area (Å²) >= 11 is 12.2. The van der Waals surface area contributed by atoms with Gasteiger partial charge in [-0.3, -0.25) is 4.90 Å². The first-order valence-corrected chi connectivity index (χ1v) is 7.72. The van der Waals surface area contributed by atoms with Crippen LogP contribution in [0.25, 0.3) is 0 Å². The summed E-state index contributed by atoms with van der Waals surface area (Å²) in [5.74, 6) is 0.565. The van der Waals surface area contributed by atoms with E-state index in [1.165, 1.54) is 12.0 Å². The minimum atomic E-state index is 0.223. The molecule has 1 unspecified atom stereocenters. The minimum Gasteiger partial charge on any atom is -0.411 e. The average Bonchev–Trinajstić information content (AvgIpc) is 2.67. The van der Waals surface area contributed by atoms with Crippen LogP contribution in [0.2, 0.25) is 10.0 Å². The van der Waals surface area contributed by atoms with Crippen molar-refractivity contribution in [2.75, 3.05) is 7.05 Å². The Morgan fingerprint density at radius 1 is 1.30 bits per heavy atom. The zero-order chi connectivity index (χ0) is 14.3. The van der Waals surface area contributed by atoms with Crippen molar-refractivity contribution in [3.63, 3.8) is 0 Å². The molecule has 2 bridgehead atoms. The Morgan fingerprint density at radius 3 is 2.80 bits per heavy atom. The standard InChI is InChI=1S/C15H18Cl2N2O/c1-19-10-3-5-15(19)12(8-18-20)11(7-10)9-2-4-13(16)14(17)6-9/h2,4,6,8,10-12,15,20H,3,5,7H2,1H3/b18-8+/t10?,11-,12-,15-/m1/s1. The lowest BCUT2D eigenvalue weighted by Crippen LogP contribution is -2.46. The van der Waals surface area contributed by atoms with Gasteiger partial charge in [0.1, 0.15) is 0 Å². The number of benzene rings is 1. The Morgan fingerprint density at radius 2 is 2.10 bits per heavy atom. The molecule has 3 nitrogen and oxygen atoms in total. The Bertz CT molecular complexity index is 535. The molecule has 108 valence electrons. The minimum absolute atomic E-state index is 0.223. The fraction of sp³-hybridized carbons (Fsp3) is 0.533. The summed E-state index contributed by atoms with van der Waals surface area (Å²) in [4.78, 5) is 2.43. The maximum absolute atomic E-state index is 9.00. The predicted octanol–water partition coefficient (Wildman–Crippen LogP) is 4.02. The van der Waals surface area contributed by atoms with Gasteiger partial charge in [-0.25, -0.2) is 0 Å². The molecule has 1 aromatic rings. The van der Waals surface area contributed by atoms with Crippen LogP contribution in [0, 0.1) is 5.92 Å². The van der Waals surface area contributed by atoms with Crippen molar-refractivity contribution in [3.8, 4) is 0 Å². The van der Waals surface area contributed by atoms with Gasteiger partial charge in [0.2, 0.25) is 0 Å². The number of nitrogens with zero attached hydrogens (tertiary/aromatic N) is 2. The number of rotatable bonds is 2.